The standard InChI is InChI=1S/C14H25NO2/c1-14(2)7-5-12(6-8-14)17-13(16)11-4-3-9-15-10-11/h11-12,15H,3-10H2,1-2H3/t11-/m1/s1. The van der Waals surface area contributed by atoms with E-state index in [4.69, 9.17) is 4.74 Å². The Bertz CT molecular complexity index is 259. The lowest BCUT2D eigenvalue weighted by Crippen LogP contribution is -2.37. The van der Waals surface area contributed by atoms with Crippen LogP contribution in [0.5, 0.6) is 0 Å². The van der Waals surface area contributed by atoms with Crippen molar-refractivity contribution in [3.05, 3.63) is 0 Å². The van der Waals surface area contributed by atoms with Gasteiger partial charge in [0.2, 0.25) is 0 Å². The SMILES string of the molecule is CC1(C)CCC(OC(=O)[C@@H]2CCCNC2)CC1. The molecule has 0 aromatic heterocycles. The Kier molecular flexibility index (Phi) is 4.08. The van der Waals surface area contributed by atoms with E-state index in [9.17, 15) is 4.79 Å². The number of nitrogens with one attached hydrogen (secondary N) is 1. The van der Waals surface area contributed by atoms with Gasteiger partial charge in [-0.05, 0) is 50.5 Å². The molecule has 3 nitrogen and oxygen atoms in total. The van der Waals surface area contributed by atoms with Crippen molar-refractivity contribution in [1.82, 2.24) is 5.32 Å². The molecule has 0 amide bonds. The monoisotopic (exact) mass is 239 g/mol. The summed E-state index contributed by atoms with van der Waals surface area (Å²) in [6, 6.07) is 0. The van der Waals surface area contributed by atoms with E-state index in [1.54, 1.807) is 0 Å². The molecule has 0 unspecified atom stereocenters. The third-order valence-corrected chi connectivity index (χ3v) is 4.20. The van der Waals surface area contributed by atoms with Crippen molar-refractivity contribution in [2.75, 3.05) is 13.1 Å². The van der Waals surface area contributed by atoms with Crippen molar-refractivity contribution in [2.45, 2.75) is 58.5 Å². The highest BCUT2D eigenvalue weighted by Gasteiger charge is 2.31. The van der Waals surface area contributed by atoms with Crippen LogP contribution in [0.2, 0.25) is 0 Å². The van der Waals surface area contributed by atoms with Gasteiger partial charge in [-0.3, -0.25) is 4.79 Å². The third kappa shape index (κ3) is 3.70. The zero-order chi connectivity index (χ0) is 12.3. The van der Waals surface area contributed by atoms with Crippen LogP contribution in [0.15, 0.2) is 0 Å². The van der Waals surface area contributed by atoms with E-state index >= 15 is 0 Å². The first-order chi connectivity index (χ1) is 8.07. The summed E-state index contributed by atoms with van der Waals surface area (Å²) >= 11 is 0. The van der Waals surface area contributed by atoms with Crippen LogP contribution in [0, 0.1) is 11.3 Å². The van der Waals surface area contributed by atoms with Crippen LogP contribution in [0.25, 0.3) is 0 Å². The molecule has 1 N–H and O–H groups in total. The Morgan fingerprint density at radius 3 is 2.53 bits per heavy atom. The maximum Gasteiger partial charge on any atom is 0.310 e. The number of esters is 1. The molecule has 1 aliphatic carbocycles. The van der Waals surface area contributed by atoms with Crippen LogP contribution in [0.4, 0.5) is 0 Å². The minimum Gasteiger partial charge on any atom is -0.462 e. The summed E-state index contributed by atoms with van der Waals surface area (Å²) in [5.74, 6) is 0.126. The van der Waals surface area contributed by atoms with E-state index in [2.05, 4.69) is 19.2 Å². The van der Waals surface area contributed by atoms with Gasteiger partial charge in [-0.25, -0.2) is 0 Å². The molecule has 17 heavy (non-hydrogen) atoms. The average Bonchev–Trinajstić information content (AvgIpc) is 2.33. The fraction of sp³-hybridized carbons (Fsp3) is 0.929. The average molecular weight is 239 g/mol. The number of carbonyl (C=O) groups excluding carboxylic acids is 1. The Morgan fingerprint density at radius 2 is 1.94 bits per heavy atom. The summed E-state index contributed by atoms with van der Waals surface area (Å²) in [5, 5.41) is 3.27. The Hall–Kier alpha value is -0.570. The summed E-state index contributed by atoms with van der Waals surface area (Å²) in [6.45, 7) is 6.45. The van der Waals surface area contributed by atoms with Crippen LogP contribution >= 0.6 is 0 Å². The lowest BCUT2D eigenvalue weighted by atomic mass is 9.76. The highest BCUT2D eigenvalue weighted by Crippen LogP contribution is 2.36. The molecule has 1 heterocycles. The summed E-state index contributed by atoms with van der Waals surface area (Å²) < 4.78 is 5.65. The van der Waals surface area contributed by atoms with Gasteiger partial charge >= 0.3 is 5.97 Å². The van der Waals surface area contributed by atoms with Crippen molar-refractivity contribution >= 4 is 5.97 Å². The topological polar surface area (TPSA) is 38.3 Å². The summed E-state index contributed by atoms with van der Waals surface area (Å²) in [5.41, 5.74) is 0.440. The van der Waals surface area contributed by atoms with Crippen molar-refractivity contribution in [3.63, 3.8) is 0 Å². The van der Waals surface area contributed by atoms with Gasteiger partial charge < -0.3 is 10.1 Å². The van der Waals surface area contributed by atoms with E-state index in [0.717, 1.165) is 38.8 Å². The molecule has 0 spiro atoms. The zero-order valence-electron chi connectivity index (χ0n) is 11.1. The van der Waals surface area contributed by atoms with Gasteiger partial charge in [0, 0.05) is 6.54 Å². The molecule has 2 fully saturated rings. The molecule has 1 atom stereocenters. The molecule has 0 bridgehead atoms. The van der Waals surface area contributed by atoms with Crippen molar-refractivity contribution < 1.29 is 9.53 Å². The lowest BCUT2D eigenvalue weighted by molar-refractivity contribution is -0.157. The molecule has 2 rings (SSSR count). The molecule has 1 saturated carbocycles. The quantitative estimate of drug-likeness (QED) is 0.752. The van der Waals surface area contributed by atoms with Gasteiger partial charge in [-0.1, -0.05) is 13.8 Å². The summed E-state index contributed by atoms with van der Waals surface area (Å²) in [7, 11) is 0. The largest absolute Gasteiger partial charge is 0.462 e. The molecular weight excluding hydrogens is 214 g/mol. The Balaban J connectivity index is 1.75. The molecule has 0 aromatic rings. The van der Waals surface area contributed by atoms with Crippen molar-refractivity contribution in [2.24, 2.45) is 11.3 Å². The van der Waals surface area contributed by atoms with Gasteiger partial charge in [0.25, 0.3) is 0 Å². The van der Waals surface area contributed by atoms with Gasteiger partial charge in [-0.2, -0.15) is 0 Å². The van der Waals surface area contributed by atoms with Crippen molar-refractivity contribution in [3.8, 4) is 0 Å². The Morgan fingerprint density at radius 1 is 1.24 bits per heavy atom. The normalized spacial score (nSPS) is 29.9. The maximum absolute atomic E-state index is 12.0. The number of hydrogen-bond acceptors (Lipinski definition) is 3. The fourth-order valence-electron chi connectivity index (χ4n) is 2.80. The maximum atomic E-state index is 12.0. The molecule has 0 aromatic carbocycles. The smallest absolute Gasteiger partial charge is 0.310 e. The first-order valence-corrected chi connectivity index (χ1v) is 6.98. The van der Waals surface area contributed by atoms with Gasteiger partial charge in [-0.15, -0.1) is 0 Å². The molecule has 98 valence electrons. The summed E-state index contributed by atoms with van der Waals surface area (Å²) in [6.07, 6.45) is 6.69. The Labute approximate surface area is 104 Å². The van der Waals surface area contributed by atoms with E-state index in [1.807, 2.05) is 0 Å². The van der Waals surface area contributed by atoms with Crippen LogP contribution in [0.1, 0.15) is 52.4 Å². The van der Waals surface area contributed by atoms with Gasteiger partial charge in [0.15, 0.2) is 0 Å². The van der Waals surface area contributed by atoms with E-state index in [0.29, 0.717) is 5.41 Å². The highest BCUT2D eigenvalue weighted by atomic mass is 16.5. The van der Waals surface area contributed by atoms with Crippen LogP contribution in [-0.4, -0.2) is 25.2 Å². The second kappa shape index (κ2) is 5.38. The van der Waals surface area contributed by atoms with Crippen molar-refractivity contribution in [1.29, 1.82) is 0 Å². The van der Waals surface area contributed by atoms with Gasteiger partial charge in [0.05, 0.1) is 5.92 Å². The molecule has 3 heteroatoms. The number of rotatable bonds is 2. The van der Waals surface area contributed by atoms with E-state index in [-0.39, 0.29) is 18.0 Å². The molecule has 0 radical (unpaired) electrons. The minimum absolute atomic E-state index is 0.0295. The predicted molar refractivity (Wildman–Crippen MR) is 67.7 cm³/mol. The second-order valence-corrected chi connectivity index (χ2v) is 6.34. The third-order valence-electron chi connectivity index (χ3n) is 4.20. The number of hydrogen-bond donors (Lipinski definition) is 1. The summed E-state index contributed by atoms with van der Waals surface area (Å²) in [4.78, 5) is 12.0. The molecule has 2 aliphatic rings. The molecule has 1 aliphatic heterocycles. The van der Waals surface area contributed by atoms with E-state index in [1.165, 1.54) is 12.8 Å². The minimum atomic E-state index is 0.0295. The van der Waals surface area contributed by atoms with Crippen LogP contribution in [-0.2, 0) is 9.53 Å². The fourth-order valence-corrected chi connectivity index (χ4v) is 2.80. The van der Waals surface area contributed by atoms with Crippen LogP contribution < -0.4 is 5.32 Å². The van der Waals surface area contributed by atoms with Crippen LogP contribution in [0.3, 0.4) is 0 Å². The number of ether oxygens (including phenoxy) is 1. The van der Waals surface area contributed by atoms with Gasteiger partial charge in [0.1, 0.15) is 6.10 Å². The van der Waals surface area contributed by atoms with E-state index < -0.39 is 0 Å². The number of carbonyl (C=O) groups is 1. The first-order valence-electron chi connectivity index (χ1n) is 6.98. The number of piperidine rings is 1. The molecule has 1 saturated heterocycles. The zero-order valence-corrected chi connectivity index (χ0v) is 11.1. The predicted octanol–water partition coefficient (Wildman–Crippen LogP) is 2.50. The lowest BCUT2D eigenvalue weighted by Gasteiger charge is -2.34. The highest BCUT2D eigenvalue weighted by molar-refractivity contribution is 5.73. The molecular formula is C14H25NO2. The first kappa shape index (κ1) is 12.9. The second-order valence-electron chi connectivity index (χ2n) is 6.34.